The third-order valence-corrected chi connectivity index (χ3v) is 18.9. The van der Waals surface area contributed by atoms with E-state index in [0.717, 1.165) is 107 Å². The number of ketones is 1. The third kappa shape index (κ3) is 22.2. The number of nitriles is 1. The van der Waals surface area contributed by atoms with Crippen LogP contribution in [0.4, 0.5) is 40.6 Å². The maximum atomic E-state index is 12.8. The van der Waals surface area contributed by atoms with Gasteiger partial charge in [-0.3, -0.25) is 14.6 Å². The molecule has 4 N–H and O–H groups in total. The monoisotopic (exact) mass is 1390 g/mol. The summed E-state index contributed by atoms with van der Waals surface area (Å²) in [6.45, 7) is 20.6. The molecule has 4 aliphatic rings. The van der Waals surface area contributed by atoms with Crippen molar-refractivity contribution in [1.29, 1.82) is 5.26 Å². The normalized spacial score (nSPS) is 15.0. The van der Waals surface area contributed by atoms with Crippen LogP contribution < -0.4 is 35.0 Å². The van der Waals surface area contributed by atoms with Gasteiger partial charge >= 0.3 is 0 Å². The number of morpholine rings is 1. The van der Waals surface area contributed by atoms with E-state index in [9.17, 15) is 13.2 Å². The molecule has 0 spiro atoms. The first-order valence-corrected chi connectivity index (χ1v) is 36.4. The molecule has 3 saturated heterocycles. The Balaban J connectivity index is 0.000000154. The van der Waals surface area contributed by atoms with Crippen LogP contribution in [0.1, 0.15) is 86.3 Å². The Morgan fingerprint density at radius 1 is 0.637 bits per heavy atom. The summed E-state index contributed by atoms with van der Waals surface area (Å²) in [5, 5.41) is 18.4. The van der Waals surface area contributed by atoms with Gasteiger partial charge in [-0.2, -0.15) is 5.26 Å². The van der Waals surface area contributed by atoms with Crippen LogP contribution in [-0.2, 0) is 37.4 Å². The number of Topliss-reactive ketones (excluding diaryl/α,β-unsaturated/α-hetero) is 1. The van der Waals surface area contributed by atoms with Gasteiger partial charge in [0.15, 0.2) is 5.78 Å². The first-order chi connectivity index (χ1) is 49.6. The van der Waals surface area contributed by atoms with Crippen molar-refractivity contribution in [2.45, 2.75) is 89.9 Å². The van der Waals surface area contributed by atoms with E-state index in [0.29, 0.717) is 74.3 Å². The van der Waals surface area contributed by atoms with Gasteiger partial charge in [0, 0.05) is 114 Å². The van der Waals surface area contributed by atoms with Crippen molar-refractivity contribution < 1.29 is 36.9 Å². The molecular weight excluding hydrogens is 1310 g/mol. The van der Waals surface area contributed by atoms with Gasteiger partial charge in [0.05, 0.1) is 67.7 Å². The van der Waals surface area contributed by atoms with Crippen LogP contribution in [0.15, 0.2) is 187 Å². The number of carbonyl (C=O) groups is 1. The first-order valence-electron chi connectivity index (χ1n) is 34.9. The molecule has 3 aromatic heterocycles. The number of fused-ring (bicyclic) bond motifs is 7. The largest absolute Gasteiger partial charge is 0.492 e. The quantitative estimate of drug-likeness (QED) is 0.0408. The Morgan fingerprint density at radius 3 is 1.97 bits per heavy atom. The Hall–Kier alpha value is -10.0. The molecule has 0 radical (unpaired) electrons. The lowest BCUT2D eigenvalue weighted by Gasteiger charge is -2.28. The van der Waals surface area contributed by atoms with Gasteiger partial charge in [-0.15, -0.1) is 0 Å². The summed E-state index contributed by atoms with van der Waals surface area (Å²) in [7, 11) is -3.66. The average molecular weight is 1400 g/mol. The number of aromatic nitrogens is 6. The maximum Gasteiger partial charge on any atom is 0.241 e. The zero-order valence-corrected chi connectivity index (χ0v) is 59.3. The number of carbonyl (C=O) groups excluding carboxylic acids is 1. The summed E-state index contributed by atoms with van der Waals surface area (Å²) in [5.74, 6) is 3.13. The van der Waals surface area contributed by atoms with E-state index in [1.165, 1.54) is 57.5 Å². The van der Waals surface area contributed by atoms with Crippen molar-refractivity contribution in [3.63, 3.8) is 0 Å². The predicted octanol–water partition coefficient (Wildman–Crippen LogP) is 13.9. The summed E-state index contributed by atoms with van der Waals surface area (Å²) in [5.41, 5.74) is 11.7. The molecule has 22 nitrogen and oxygen atoms in total. The number of nitrogens with zero attached hydrogens (tertiary/aromatic N) is 10. The number of sulfonamides is 1. The minimum atomic E-state index is -3.66. The lowest BCUT2D eigenvalue weighted by molar-refractivity contribution is 0.0984. The van der Waals surface area contributed by atoms with E-state index in [1.807, 2.05) is 131 Å². The second kappa shape index (κ2) is 36.5. The fraction of sp³-hybridized carbons (Fsp3) is 0.342. The van der Waals surface area contributed by atoms with Gasteiger partial charge in [0.25, 0.3) is 0 Å². The molecule has 0 aliphatic carbocycles. The van der Waals surface area contributed by atoms with Gasteiger partial charge in [0.2, 0.25) is 27.9 Å². The maximum absolute atomic E-state index is 12.8. The molecule has 0 amide bonds. The standard InChI is InChI=1S/C28H32N4O3.C27H35N5O3S.C24H23N5O2/c1-2-13-32(12-1)14-17-35-27-9-8-25-19-24(27)21-34-16-4-3-15-33-20-22-6-5-7-23(18-22)26-10-11-29-28(30-25)31-26;1-20-19-28-26(29-22-10-12-23(13-11-22)35-17-16-32-14-5-6-15-32)30-25(20)21-8-7-9-24(18-21)36(33,34)31-27(2,3)4;25-12-1-2-23(30)19-5-3-18(4-6-19)22-11-13-26-24(28-22)27-20-7-9-21(10-8-20)29-14-16-31-17-15-29/h3-11,18-19H,1-2,12-17,20-21H2,(H,29,30,31);7-13,18-19,31H,5-6,14-17H2,1-4H3,(H,28,29,30);3-11,13H,1-2,14-17H2,(H,26,27,28). The lowest BCUT2D eigenvalue weighted by Crippen LogP contribution is -2.40. The summed E-state index contributed by atoms with van der Waals surface area (Å²) in [6.07, 6.45) is 14.8. The molecule has 0 atom stereocenters. The first kappa shape index (κ1) is 73.2. The van der Waals surface area contributed by atoms with Gasteiger partial charge in [-0.1, -0.05) is 66.7 Å². The topological polar surface area (TPSA) is 256 Å². The lowest BCUT2D eigenvalue weighted by atomic mass is 10.0. The van der Waals surface area contributed by atoms with Gasteiger partial charge in [-0.05, 0) is 188 Å². The molecular formula is C79H90N14O8S. The van der Waals surface area contributed by atoms with Crippen LogP contribution in [0, 0.1) is 18.3 Å². The number of likely N-dealkylation sites (tertiary alicyclic amines) is 2. The van der Waals surface area contributed by atoms with E-state index >= 15 is 0 Å². The Morgan fingerprint density at radius 2 is 1.27 bits per heavy atom. The average Bonchev–Trinajstić information content (AvgIpc) is 0.872. The molecule has 3 fully saturated rings. The second-order valence-electron chi connectivity index (χ2n) is 26.2. The Bertz CT molecular complexity index is 4380. The number of hydrogen-bond acceptors (Lipinski definition) is 21. The fourth-order valence-electron chi connectivity index (χ4n) is 11.9. The van der Waals surface area contributed by atoms with E-state index in [-0.39, 0.29) is 23.5 Å². The van der Waals surface area contributed by atoms with Crippen molar-refractivity contribution in [1.82, 2.24) is 44.4 Å². The molecule has 0 saturated carbocycles. The molecule has 7 heterocycles. The fourth-order valence-corrected chi connectivity index (χ4v) is 13.4. The number of rotatable bonds is 20. The minimum absolute atomic E-state index is 0.0290. The number of benzene rings is 6. The van der Waals surface area contributed by atoms with Gasteiger partial charge in [0.1, 0.15) is 24.7 Å². The Labute approximate surface area is 598 Å². The summed E-state index contributed by atoms with van der Waals surface area (Å²) >= 11 is 0. The number of anilines is 7. The van der Waals surface area contributed by atoms with Crippen molar-refractivity contribution in [3.05, 3.63) is 205 Å². The molecule has 530 valence electrons. The van der Waals surface area contributed by atoms with Crippen molar-refractivity contribution >= 4 is 56.4 Å². The summed E-state index contributed by atoms with van der Waals surface area (Å²) in [6, 6.07) is 50.0. The molecule has 13 rings (SSSR count). The molecule has 6 aromatic carbocycles. The molecule has 6 bridgehead atoms. The van der Waals surface area contributed by atoms with Gasteiger partial charge in [-0.25, -0.2) is 43.0 Å². The van der Waals surface area contributed by atoms with Crippen molar-refractivity contribution in [3.8, 4) is 51.3 Å². The number of nitrogens with one attached hydrogen (secondary N) is 4. The molecule has 0 unspecified atom stereocenters. The number of ether oxygens (including phenoxy) is 5. The van der Waals surface area contributed by atoms with E-state index in [2.05, 4.69) is 96.7 Å². The highest BCUT2D eigenvalue weighted by atomic mass is 32.2. The van der Waals surface area contributed by atoms with Crippen LogP contribution >= 0.6 is 0 Å². The number of aryl methyl sites for hydroxylation is 1. The van der Waals surface area contributed by atoms with Gasteiger partial charge < -0.3 is 44.5 Å². The van der Waals surface area contributed by atoms with Crippen molar-refractivity contribution in [2.24, 2.45) is 0 Å². The third-order valence-electron chi connectivity index (χ3n) is 17.1. The van der Waals surface area contributed by atoms with Crippen LogP contribution in [-0.4, -0.2) is 151 Å². The van der Waals surface area contributed by atoms with Crippen LogP contribution in [0.25, 0.3) is 33.8 Å². The molecule has 23 heteroatoms. The minimum Gasteiger partial charge on any atom is -0.492 e. The smallest absolute Gasteiger partial charge is 0.241 e. The zero-order valence-electron chi connectivity index (χ0n) is 58.5. The molecule has 9 aromatic rings. The summed E-state index contributed by atoms with van der Waals surface area (Å²) in [4.78, 5) is 46.6. The van der Waals surface area contributed by atoms with Crippen LogP contribution in [0.2, 0.25) is 0 Å². The highest BCUT2D eigenvalue weighted by Crippen LogP contribution is 2.31. The van der Waals surface area contributed by atoms with E-state index in [4.69, 9.17) is 33.9 Å². The van der Waals surface area contributed by atoms with E-state index < -0.39 is 15.6 Å². The van der Waals surface area contributed by atoms with Crippen molar-refractivity contribution in [2.75, 3.05) is 113 Å². The SMILES string of the molecule is C1=CCOCc2cc(ccc2OCCN2CCCC2)Nc2nccc(n2)-c2cccc(c2)COC1.Cc1cnc(Nc2ccc(OCCN3CCCC3)cc2)nc1-c1cccc(S(=O)(=O)NC(C)(C)C)c1.N#CCCC(=O)c1ccc(-c2ccnc(Nc3ccc(N4CCOCC4)cc3)n2)cc1. The van der Waals surface area contributed by atoms with Crippen LogP contribution in [0.5, 0.6) is 11.5 Å². The highest BCUT2D eigenvalue weighted by molar-refractivity contribution is 7.89. The Kier molecular flexibility index (Phi) is 26.2. The zero-order chi connectivity index (χ0) is 70.9. The predicted molar refractivity (Wildman–Crippen MR) is 399 cm³/mol. The van der Waals surface area contributed by atoms with Crippen LogP contribution in [0.3, 0.4) is 0 Å². The molecule has 4 aliphatic heterocycles. The molecule has 102 heavy (non-hydrogen) atoms. The summed E-state index contributed by atoms with van der Waals surface area (Å²) < 4.78 is 57.5. The second-order valence-corrected chi connectivity index (χ2v) is 27.8. The van der Waals surface area contributed by atoms with E-state index in [1.54, 1.807) is 48.9 Å². The highest BCUT2D eigenvalue weighted by Gasteiger charge is 2.24. The number of hydrogen-bond donors (Lipinski definition) is 4.